The van der Waals surface area contributed by atoms with Gasteiger partial charge in [-0.2, -0.15) is 0 Å². The zero-order valence-electron chi connectivity index (χ0n) is 8.35. The monoisotopic (exact) mass is 184 g/mol. The quantitative estimate of drug-likeness (QED) is 0.629. The van der Waals surface area contributed by atoms with Crippen LogP contribution in [-0.2, 0) is 13.5 Å². The van der Waals surface area contributed by atoms with Gasteiger partial charge in [0.05, 0.1) is 0 Å². The number of aryl methyl sites for hydroxylation is 1. The fourth-order valence-corrected chi connectivity index (χ4v) is 1.48. The molecule has 0 amide bonds. The summed E-state index contributed by atoms with van der Waals surface area (Å²) in [4.78, 5) is 0. The molecule has 0 radical (unpaired) electrons. The molecule has 0 aliphatic rings. The molecule has 0 saturated carbocycles. The van der Waals surface area contributed by atoms with Crippen LogP contribution in [0.4, 0.5) is 0 Å². The minimum absolute atomic E-state index is 1.02. The molecule has 0 saturated heterocycles. The second kappa shape index (κ2) is 4.05. The van der Waals surface area contributed by atoms with Gasteiger partial charge in [0, 0.05) is 12.1 Å². The van der Waals surface area contributed by atoms with Gasteiger partial charge in [0.15, 0.2) is 12.4 Å². The van der Waals surface area contributed by atoms with Crippen LogP contribution in [0.25, 0.3) is 0 Å². The van der Waals surface area contributed by atoms with Crippen LogP contribution in [-0.4, -0.2) is 0 Å². The van der Waals surface area contributed by atoms with E-state index < -0.39 is 0 Å². The van der Waals surface area contributed by atoms with Crippen molar-refractivity contribution >= 4 is 0 Å². The van der Waals surface area contributed by atoms with E-state index in [0.29, 0.717) is 0 Å². The molecule has 1 aromatic heterocycles. The Kier molecular flexibility index (Phi) is 2.59. The van der Waals surface area contributed by atoms with Gasteiger partial charge < -0.3 is 0 Å². The second-order valence-corrected chi connectivity index (χ2v) is 3.53. The van der Waals surface area contributed by atoms with Crippen LogP contribution in [0.3, 0.4) is 0 Å². The molecule has 0 spiro atoms. The lowest BCUT2D eigenvalue weighted by Gasteiger charge is -1.99. The van der Waals surface area contributed by atoms with Crippen LogP contribution >= 0.6 is 0 Å². The van der Waals surface area contributed by atoms with E-state index in [4.69, 9.17) is 0 Å². The average molecular weight is 184 g/mol. The fraction of sp³-hybridized carbons (Fsp3) is 0.154. The highest BCUT2D eigenvalue weighted by Gasteiger charge is 1.97. The van der Waals surface area contributed by atoms with Crippen molar-refractivity contribution in [2.75, 3.05) is 0 Å². The Bertz CT molecular complexity index is 389. The molecule has 1 nitrogen and oxygen atoms in total. The molecule has 0 aliphatic carbocycles. The topological polar surface area (TPSA) is 3.88 Å². The molecule has 0 N–H and O–H groups in total. The number of aromatic nitrogens is 1. The van der Waals surface area contributed by atoms with E-state index in [1.807, 2.05) is 7.05 Å². The van der Waals surface area contributed by atoms with Gasteiger partial charge in [-0.15, -0.1) is 0 Å². The molecule has 70 valence electrons. The van der Waals surface area contributed by atoms with E-state index in [0.717, 1.165) is 6.42 Å². The van der Waals surface area contributed by atoms with Crippen molar-refractivity contribution in [3.05, 3.63) is 66.0 Å². The van der Waals surface area contributed by atoms with Crippen molar-refractivity contribution < 1.29 is 4.57 Å². The van der Waals surface area contributed by atoms with Gasteiger partial charge in [-0.05, 0) is 17.5 Å². The van der Waals surface area contributed by atoms with E-state index >= 15 is 0 Å². The maximum atomic E-state index is 2.16. The normalized spacial score (nSPS) is 10.1. The summed E-state index contributed by atoms with van der Waals surface area (Å²) in [5.74, 6) is 0. The van der Waals surface area contributed by atoms with Gasteiger partial charge in [-0.3, -0.25) is 0 Å². The van der Waals surface area contributed by atoms with Crippen molar-refractivity contribution in [2.24, 2.45) is 7.05 Å². The first-order valence-electron chi connectivity index (χ1n) is 4.83. The molecular formula is C13H14N+. The fourth-order valence-electron chi connectivity index (χ4n) is 1.48. The molecule has 2 aromatic rings. The van der Waals surface area contributed by atoms with Crippen LogP contribution < -0.4 is 4.57 Å². The van der Waals surface area contributed by atoms with Crippen LogP contribution in [0, 0.1) is 0 Å². The molecule has 14 heavy (non-hydrogen) atoms. The van der Waals surface area contributed by atoms with Crippen molar-refractivity contribution in [1.82, 2.24) is 0 Å². The molecule has 1 heteroatoms. The van der Waals surface area contributed by atoms with Gasteiger partial charge in [-0.1, -0.05) is 30.3 Å². The molecule has 0 fully saturated rings. The number of benzene rings is 1. The summed E-state index contributed by atoms with van der Waals surface area (Å²) in [5, 5.41) is 0. The Labute approximate surface area is 84.6 Å². The van der Waals surface area contributed by atoms with E-state index in [-0.39, 0.29) is 0 Å². The van der Waals surface area contributed by atoms with Gasteiger partial charge in [0.25, 0.3) is 0 Å². The first-order valence-corrected chi connectivity index (χ1v) is 4.83. The van der Waals surface area contributed by atoms with Gasteiger partial charge in [0.1, 0.15) is 7.05 Å². The molecule has 0 aliphatic heterocycles. The lowest BCUT2D eigenvalue weighted by atomic mass is 10.1. The van der Waals surface area contributed by atoms with Gasteiger partial charge in [-0.25, -0.2) is 4.57 Å². The van der Waals surface area contributed by atoms with Crippen LogP contribution in [0.15, 0.2) is 54.9 Å². The van der Waals surface area contributed by atoms with Crippen molar-refractivity contribution in [3.63, 3.8) is 0 Å². The summed E-state index contributed by atoms with van der Waals surface area (Å²) in [6.45, 7) is 0. The third kappa shape index (κ3) is 2.19. The Balaban J connectivity index is 2.16. The summed E-state index contributed by atoms with van der Waals surface area (Å²) in [7, 11) is 2.03. The summed E-state index contributed by atoms with van der Waals surface area (Å²) < 4.78 is 2.05. The molecular weight excluding hydrogens is 170 g/mol. The maximum absolute atomic E-state index is 2.16. The predicted molar refractivity (Wildman–Crippen MR) is 56.9 cm³/mol. The molecule has 0 atom stereocenters. The van der Waals surface area contributed by atoms with Crippen molar-refractivity contribution in [1.29, 1.82) is 0 Å². The molecule has 2 rings (SSSR count). The predicted octanol–water partition coefficient (Wildman–Crippen LogP) is 2.10. The molecule has 0 unspecified atom stereocenters. The molecule has 1 heterocycles. The number of hydrogen-bond donors (Lipinski definition) is 0. The maximum Gasteiger partial charge on any atom is 0.168 e. The smallest absolute Gasteiger partial charge is 0.168 e. The summed E-state index contributed by atoms with van der Waals surface area (Å²) in [6, 6.07) is 14.9. The third-order valence-electron chi connectivity index (χ3n) is 2.30. The lowest BCUT2D eigenvalue weighted by molar-refractivity contribution is -0.671. The molecule has 1 aromatic carbocycles. The highest BCUT2D eigenvalue weighted by molar-refractivity contribution is 5.23. The SMILES string of the molecule is C[n+]1ccc(Cc2ccccc2)cc1. The van der Waals surface area contributed by atoms with E-state index in [1.165, 1.54) is 11.1 Å². The average Bonchev–Trinajstić information content (AvgIpc) is 2.23. The van der Waals surface area contributed by atoms with Crippen LogP contribution in [0.2, 0.25) is 0 Å². The van der Waals surface area contributed by atoms with Crippen molar-refractivity contribution in [3.8, 4) is 0 Å². The summed E-state index contributed by atoms with van der Waals surface area (Å²) >= 11 is 0. The minimum Gasteiger partial charge on any atom is -0.208 e. The Morgan fingerprint density at radius 1 is 0.857 bits per heavy atom. The first kappa shape index (κ1) is 8.95. The number of hydrogen-bond acceptors (Lipinski definition) is 0. The Hall–Kier alpha value is -1.63. The van der Waals surface area contributed by atoms with Crippen LogP contribution in [0.1, 0.15) is 11.1 Å². The largest absolute Gasteiger partial charge is 0.208 e. The summed E-state index contributed by atoms with van der Waals surface area (Å²) in [5.41, 5.74) is 2.72. The van der Waals surface area contributed by atoms with E-state index in [9.17, 15) is 0 Å². The first-order chi connectivity index (χ1) is 6.84. The van der Waals surface area contributed by atoms with Gasteiger partial charge >= 0.3 is 0 Å². The number of nitrogens with zero attached hydrogens (tertiary/aromatic N) is 1. The Morgan fingerprint density at radius 3 is 2.07 bits per heavy atom. The zero-order chi connectivity index (χ0) is 9.80. The van der Waals surface area contributed by atoms with Crippen LogP contribution in [0.5, 0.6) is 0 Å². The summed E-state index contributed by atoms with van der Waals surface area (Å²) in [6.07, 6.45) is 5.18. The highest BCUT2D eigenvalue weighted by atomic mass is 14.9. The number of rotatable bonds is 2. The minimum atomic E-state index is 1.02. The number of pyridine rings is 1. The second-order valence-electron chi connectivity index (χ2n) is 3.53. The Morgan fingerprint density at radius 2 is 1.43 bits per heavy atom. The van der Waals surface area contributed by atoms with Crippen molar-refractivity contribution in [2.45, 2.75) is 6.42 Å². The lowest BCUT2D eigenvalue weighted by Crippen LogP contribution is -2.25. The van der Waals surface area contributed by atoms with E-state index in [1.54, 1.807) is 0 Å². The van der Waals surface area contributed by atoms with Gasteiger partial charge in [0.2, 0.25) is 0 Å². The highest BCUT2D eigenvalue weighted by Crippen LogP contribution is 2.06. The van der Waals surface area contributed by atoms with E-state index in [2.05, 4.69) is 59.4 Å². The standard InChI is InChI=1S/C13H14N/c1-14-9-7-13(8-10-14)11-12-5-3-2-4-6-12/h2-10H,11H2,1H3/q+1. The zero-order valence-corrected chi connectivity index (χ0v) is 8.35. The third-order valence-corrected chi connectivity index (χ3v) is 2.30. The molecule has 0 bridgehead atoms.